The fourth-order valence-corrected chi connectivity index (χ4v) is 4.18. The number of hydrogen-bond donors (Lipinski definition) is 1. The number of pyridine rings is 1. The van der Waals surface area contributed by atoms with Crippen LogP contribution in [0.3, 0.4) is 0 Å². The zero-order valence-corrected chi connectivity index (χ0v) is 19.5. The molecule has 1 fully saturated rings. The van der Waals surface area contributed by atoms with Crippen LogP contribution in [0.15, 0.2) is 72.6 Å². The summed E-state index contributed by atoms with van der Waals surface area (Å²) < 4.78 is 10.7. The standard InChI is InChI=1S/C26H23ClN2O5/c1-3-34-21-11-8-18(13-20(21)27)24(30)22-23(17-6-9-19(33-2)10-7-17)29(26(32)25(22)31)15-16-5-4-12-28-14-16/h4-14,23,30H,3,15H2,1-2H3/b24-22-. The van der Waals surface area contributed by atoms with Gasteiger partial charge >= 0.3 is 0 Å². The summed E-state index contributed by atoms with van der Waals surface area (Å²) in [5, 5.41) is 11.5. The SMILES string of the molecule is CCOc1ccc(/C(O)=C2/C(=O)C(=O)N(Cc3cccnc3)C2c2ccc(OC)cc2)cc1Cl. The van der Waals surface area contributed by atoms with Crippen LogP contribution in [0.25, 0.3) is 5.76 Å². The Labute approximate surface area is 202 Å². The molecule has 3 aromatic rings. The summed E-state index contributed by atoms with van der Waals surface area (Å²) in [6, 6.07) is 14.5. The van der Waals surface area contributed by atoms with Gasteiger partial charge in [-0.15, -0.1) is 0 Å². The van der Waals surface area contributed by atoms with E-state index >= 15 is 0 Å². The molecular weight excluding hydrogens is 456 g/mol. The second-order valence-electron chi connectivity index (χ2n) is 7.64. The van der Waals surface area contributed by atoms with Gasteiger partial charge in [0.25, 0.3) is 11.7 Å². The van der Waals surface area contributed by atoms with Gasteiger partial charge in [0, 0.05) is 24.5 Å². The third kappa shape index (κ3) is 4.47. The maximum Gasteiger partial charge on any atom is 0.295 e. The summed E-state index contributed by atoms with van der Waals surface area (Å²) in [6.07, 6.45) is 3.27. The van der Waals surface area contributed by atoms with Crippen molar-refractivity contribution in [1.82, 2.24) is 9.88 Å². The second kappa shape index (κ2) is 9.97. The monoisotopic (exact) mass is 478 g/mol. The van der Waals surface area contributed by atoms with Gasteiger partial charge in [-0.2, -0.15) is 0 Å². The van der Waals surface area contributed by atoms with Crippen LogP contribution in [0.2, 0.25) is 5.02 Å². The predicted molar refractivity (Wildman–Crippen MR) is 128 cm³/mol. The van der Waals surface area contributed by atoms with Gasteiger partial charge in [-0.25, -0.2) is 0 Å². The summed E-state index contributed by atoms with van der Waals surface area (Å²) in [5.41, 5.74) is 1.71. The van der Waals surface area contributed by atoms with E-state index in [1.165, 1.54) is 11.0 Å². The Hall–Kier alpha value is -3.84. The van der Waals surface area contributed by atoms with Gasteiger partial charge in [0.2, 0.25) is 0 Å². The van der Waals surface area contributed by atoms with Gasteiger partial charge in [0.15, 0.2) is 0 Å². The lowest BCUT2D eigenvalue weighted by atomic mass is 9.95. The van der Waals surface area contributed by atoms with E-state index < -0.39 is 17.7 Å². The summed E-state index contributed by atoms with van der Waals surface area (Å²) in [7, 11) is 1.55. The molecule has 1 amide bonds. The van der Waals surface area contributed by atoms with Gasteiger partial charge in [-0.3, -0.25) is 14.6 Å². The normalized spacial score (nSPS) is 17.1. The van der Waals surface area contributed by atoms with Crippen molar-refractivity contribution in [3.63, 3.8) is 0 Å². The molecule has 1 aromatic heterocycles. The van der Waals surface area contributed by atoms with Crippen LogP contribution < -0.4 is 9.47 Å². The number of amides is 1. The Morgan fingerprint density at radius 3 is 2.53 bits per heavy atom. The minimum absolute atomic E-state index is 0.0146. The van der Waals surface area contributed by atoms with Crippen molar-refractivity contribution in [2.45, 2.75) is 19.5 Å². The predicted octanol–water partition coefficient (Wildman–Crippen LogP) is 4.76. The van der Waals surface area contributed by atoms with Crippen LogP contribution in [-0.4, -0.2) is 40.4 Å². The van der Waals surface area contributed by atoms with E-state index in [1.807, 2.05) is 13.0 Å². The minimum Gasteiger partial charge on any atom is -0.507 e. The molecule has 0 radical (unpaired) electrons. The molecule has 0 spiro atoms. The molecule has 8 heteroatoms. The molecule has 1 saturated heterocycles. The van der Waals surface area contributed by atoms with Crippen LogP contribution in [0.1, 0.15) is 29.7 Å². The number of benzene rings is 2. The number of nitrogens with zero attached hydrogens (tertiary/aromatic N) is 2. The molecule has 0 aliphatic carbocycles. The maximum atomic E-state index is 13.2. The zero-order valence-electron chi connectivity index (χ0n) is 18.7. The number of halogens is 1. The average molecular weight is 479 g/mol. The van der Waals surface area contributed by atoms with Crippen LogP contribution in [0.4, 0.5) is 0 Å². The van der Waals surface area contributed by atoms with E-state index in [4.69, 9.17) is 21.1 Å². The number of likely N-dealkylation sites (tertiary alicyclic amines) is 1. The smallest absolute Gasteiger partial charge is 0.295 e. The van der Waals surface area contributed by atoms with Crippen LogP contribution in [0.5, 0.6) is 11.5 Å². The number of ether oxygens (including phenoxy) is 2. The number of ketones is 1. The van der Waals surface area contributed by atoms with E-state index in [0.717, 1.165) is 5.56 Å². The van der Waals surface area contributed by atoms with Gasteiger partial charge in [-0.1, -0.05) is 29.8 Å². The molecule has 7 nitrogen and oxygen atoms in total. The highest BCUT2D eigenvalue weighted by molar-refractivity contribution is 6.46. The molecule has 1 N–H and O–H groups in total. The lowest BCUT2D eigenvalue weighted by Crippen LogP contribution is -2.29. The van der Waals surface area contributed by atoms with Crippen molar-refractivity contribution < 1.29 is 24.2 Å². The molecule has 0 bridgehead atoms. The number of carbonyl (C=O) groups is 2. The molecule has 2 aromatic carbocycles. The first-order valence-corrected chi connectivity index (χ1v) is 11.1. The lowest BCUT2D eigenvalue weighted by molar-refractivity contribution is -0.140. The first-order valence-electron chi connectivity index (χ1n) is 10.7. The summed E-state index contributed by atoms with van der Waals surface area (Å²) in [5.74, 6) is -0.691. The van der Waals surface area contributed by atoms with Gasteiger partial charge in [0.05, 0.1) is 30.4 Å². The fourth-order valence-electron chi connectivity index (χ4n) is 3.94. The van der Waals surface area contributed by atoms with Gasteiger partial charge in [-0.05, 0) is 54.4 Å². The fraction of sp³-hybridized carbons (Fsp3) is 0.192. The number of hydrogen-bond acceptors (Lipinski definition) is 6. The van der Waals surface area contributed by atoms with Crippen molar-refractivity contribution in [3.8, 4) is 11.5 Å². The molecule has 0 saturated carbocycles. The Kier molecular flexibility index (Phi) is 6.84. The zero-order chi connectivity index (χ0) is 24.2. The van der Waals surface area contributed by atoms with E-state index in [-0.39, 0.29) is 22.9 Å². The number of aromatic nitrogens is 1. The number of aliphatic hydroxyl groups is 1. The van der Waals surface area contributed by atoms with Crippen molar-refractivity contribution in [2.24, 2.45) is 0 Å². The van der Waals surface area contributed by atoms with E-state index in [1.54, 1.807) is 62.0 Å². The number of methoxy groups -OCH3 is 1. The maximum absolute atomic E-state index is 13.2. The molecule has 1 aliphatic heterocycles. The molecule has 1 atom stereocenters. The van der Waals surface area contributed by atoms with E-state index in [0.29, 0.717) is 29.2 Å². The van der Waals surface area contributed by atoms with Crippen molar-refractivity contribution >= 4 is 29.1 Å². The van der Waals surface area contributed by atoms with E-state index in [2.05, 4.69) is 4.98 Å². The first-order chi connectivity index (χ1) is 16.4. The molecule has 174 valence electrons. The van der Waals surface area contributed by atoms with Crippen molar-refractivity contribution in [1.29, 1.82) is 0 Å². The number of carbonyl (C=O) groups excluding carboxylic acids is 2. The third-order valence-corrected chi connectivity index (χ3v) is 5.85. The number of aliphatic hydroxyl groups excluding tert-OH is 1. The Balaban J connectivity index is 1.83. The highest BCUT2D eigenvalue weighted by Gasteiger charge is 2.46. The molecule has 4 rings (SSSR count). The highest BCUT2D eigenvalue weighted by atomic mass is 35.5. The van der Waals surface area contributed by atoms with Crippen LogP contribution in [-0.2, 0) is 16.1 Å². The van der Waals surface area contributed by atoms with Gasteiger partial charge < -0.3 is 19.5 Å². The van der Waals surface area contributed by atoms with Crippen molar-refractivity contribution in [3.05, 3.63) is 94.3 Å². The molecule has 2 heterocycles. The van der Waals surface area contributed by atoms with Crippen LogP contribution >= 0.6 is 11.6 Å². The summed E-state index contributed by atoms with van der Waals surface area (Å²) in [6.45, 7) is 2.42. The Morgan fingerprint density at radius 2 is 1.91 bits per heavy atom. The second-order valence-corrected chi connectivity index (χ2v) is 8.05. The summed E-state index contributed by atoms with van der Waals surface area (Å²) >= 11 is 6.30. The average Bonchev–Trinajstić information content (AvgIpc) is 3.10. The summed E-state index contributed by atoms with van der Waals surface area (Å²) in [4.78, 5) is 31.8. The lowest BCUT2D eigenvalue weighted by Gasteiger charge is -2.25. The first kappa shape index (κ1) is 23.3. The van der Waals surface area contributed by atoms with Gasteiger partial charge in [0.1, 0.15) is 17.3 Å². The molecule has 1 unspecified atom stereocenters. The Bertz CT molecular complexity index is 1240. The quantitative estimate of drug-likeness (QED) is 0.299. The van der Waals surface area contributed by atoms with Crippen molar-refractivity contribution in [2.75, 3.05) is 13.7 Å². The Morgan fingerprint density at radius 1 is 1.15 bits per heavy atom. The number of rotatable bonds is 7. The highest BCUT2D eigenvalue weighted by Crippen LogP contribution is 2.41. The van der Waals surface area contributed by atoms with E-state index in [9.17, 15) is 14.7 Å². The molecule has 34 heavy (non-hydrogen) atoms. The topological polar surface area (TPSA) is 89.0 Å². The molecular formula is C26H23ClN2O5. The molecule has 1 aliphatic rings. The third-order valence-electron chi connectivity index (χ3n) is 5.55. The number of Topliss-reactive ketones (excluding diaryl/α,β-unsaturated/α-hetero) is 1. The largest absolute Gasteiger partial charge is 0.507 e. The van der Waals surface area contributed by atoms with Crippen LogP contribution in [0, 0.1) is 0 Å². The minimum atomic E-state index is -0.809.